The summed E-state index contributed by atoms with van der Waals surface area (Å²) in [5, 5.41) is 0. The van der Waals surface area contributed by atoms with Gasteiger partial charge in [-0.15, -0.1) is 0 Å². The van der Waals surface area contributed by atoms with Crippen LogP contribution in [0.1, 0.15) is 13.8 Å². The lowest BCUT2D eigenvalue weighted by molar-refractivity contribution is -0.195. The van der Waals surface area contributed by atoms with E-state index in [0.717, 1.165) is 13.2 Å². The highest BCUT2D eigenvalue weighted by atomic mass is 16.7. The summed E-state index contributed by atoms with van der Waals surface area (Å²) in [6, 6.07) is 0. The Labute approximate surface area is 62.5 Å². The first-order chi connectivity index (χ1) is 4.70. The first-order valence-corrected chi connectivity index (χ1v) is 3.69. The number of rotatable bonds is 1. The molecule has 1 atom stereocenters. The van der Waals surface area contributed by atoms with E-state index in [1.165, 1.54) is 0 Å². The third-order valence-corrected chi connectivity index (χ3v) is 1.83. The first-order valence-electron chi connectivity index (χ1n) is 3.69. The molecule has 0 amide bonds. The number of hydrogen-bond donors (Lipinski definition) is 0. The zero-order chi connectivity index (χ0) is 7.56. The van der Waals surface area contributed by atoms with Crippen LogP contribution in [-0.4, -0.2) is 19.5 Å². The van der Waals surface area contributed by atoms with Gasteiger partial charge < -0.3 is 9.47 Å². The average Bonchev–Trinajstić information content (AvgIpc) is 1.88. The van der Waals surface area contributed by atoms with Crippen LogP contribution >= 0.6 is 0 Å². The SMILES string of the molecule is [CH]C(C)C1COC(C)OC1. The highest BCUT2D eigenvalue weighted by Crippen LogP contribution is 2.17. The van der Waals surface area contributed by atoms with Crippen molar-refractivity contribution in [1.29, 1.82) is 0 Å². The molecule has 1 saturated heterocycles. The van der Waals surface area contributed by atoms with Crippen molar-refractivity contribution in [1.82, 2.24) is 0 Å². The van der Waals surface area contributed by atoms with E-state index in [0.29, 0.717) is 5.92 Å². The minimum atomic E-state index is -0.0463. The molecule has 0 spiro atoms. The fourth-order valence-corrected chi connectivity index (χ4v) is 0.918. The molecule has 0 bridgehead atoms. The molecule has 2 nitrogen and oxygen atoms in total. The second kappa shape index (κ2) is 3.35. The van der Waals surface area contributed by atoms with Crippen LogP contribution in [0.3, 0.4) is 0 Å². The monoisotopic (exact) mass is 142 g/mol. The average molecular weight is 142 g/mol. The lowest BCUT2D eigenvalue weighted by Crippen LogP contribution is -2.32. The van der Waals surface area contributed by atoms with Gasteiger partial charge in [0, 0.05) is 5.92 Å². The highest BCUT2D eigenvalue weighted by molar-refractivity contribution is 4.69. The summed E-state index contributed by atoms with van der Waals surface area (Å²) < 4.78 is 10.5. The third-order valence-electron chi connectivity index (χ3n) is 1.83. The third kappa shape index (κ3) is 1.96. The van der Waals surface area contributed by atoms with Gasteiger partial charge in [0.1, 0.15) is 0 Å². The van der Waals surface area contributed by atoms with Gasteiger partial charge in [-0.25, -0.2) is 0 Å². The van der Waals surface area contributed by atoms with Gasteiger partial charge in [-0.3, -0.25) is 0 Å². The van der Waals surface area contributed by atoms with Crippen LogP contribution in [0.2, 0.25) is 0 Å². The molecule has 0 aromatic carbocycles. The lowest BCUT2D eigenvalue weighted by atomic mass is 9.97. The summed E-state index contributed by atoms with van der Waals surface area (Å²) in [5.41, 5.74) is 0. The molecule has 1 rings (SSSR count). The largest absolute Gasteiger partial charge is 0.353 e. The zero-order valence-electron chi connectivity index (χ0n) is 6.54. The highest BCUT2D eigenvalue weighted by Gasteiger charge is 2.21. The van der Waals surface area contributed by atoms with E-state index < -0.39 is 0 Å². The van der Waals surface area contributed by atoms with E-state index in [2.05, 4.69) is 0 Å². The van der Waals surface area contributed by atoms with Gasteiger partial charge in [0.15, 0.2) is 6.29 Å². The second-order valence-corrected chi connectivity index (χ2v) is 2.85. The molecule has 58 valence electrons. The van der Waals surface area contributed by atoms with Gasteiger partial charge in [-0.2, -0.15) is 0 Å². The van der Waals surface area contributed by atoms with Gasteiger partial charge in [0.2, 0.25) is 0 Å². The molecular weight excluding hydrogens is 128 g/mol. The maximum atomic E-state index is 5.65. The molecule has 10 heavy (non-hydrogen) atoms. The summed E-state index contributed by atoms with van der Waals surface area (Å²) in [5.74, 6) is 0.545. The summed E-state index contributed by atoms with van der Waals surface area (Å²) >= 11 is 0. The van der Waals surface area contributed by atoms with Crippen molar-refractivity contribution in [3.63, 3.8) is 0 Å². The van der Waals surface area contributed by atoms with Crippen LogP contribution in [0, 0.1) is 18.8 Å². The Balaban J connectivity index is 2.26. The van der Waals surface area contributed by atoms with Crippen molar-refractivity contribution >= 4 is 0 Å². The van der Waals surface area contributed by atoms with Crippen LogP contribution < -0.4 is 0 Å². The summed E-state index contributed by atoms with van der Waals surface area (Å²) in [6.45, 7) is 11.0. The van der Waals surface area contributed by atoms with E-state index in [9.17, 15) is 0 Å². The van der Waals surface area contributed by atoms with Gasteiger partial charge in [-0.05, 0) is 19.8 Å². The van der Waals surface area contributed by atoms with Gasteiger partial charge >= 0.3 is 0 Å². The summed E-state index contributed by atoms with van der Waals surface area (Å²) in [6.07, 6.45) is -0.0463. The molecule has 0 N–H and O–H groups in total. The number of ether oxygens (including phenoxy) is 2. The Hall–Kier alpha value is -0.0800. The van der Waals surface area contributed by atoms with Crippen LogP contribution in [0.25, 0.3) is 0 Å². The fourth-order valence-electron chi connectivity index (χ4n) is 0.918. The maximum absolute atomic E-state index is 5.65. The van der Waals surface area contributed by atoms with E-state index in [1.807, 2.05) is 13.8 Å². The van der Waals surface area contributed by atoms with Crippen LogP contribution in [0.5, 0.6) is 0 Å². The molecule has 0 aliphatic carbocycles. The number of hydrogen-bond acceptors (Lipinski definition) is 2. The van der Waals surface area contributed by atoms with Crippen molar-refractivity contribution in [2.24, 2.45) is 11.8 Å². The maximum Gasteiger partial charge on any atom is 0.154 e. The zero-order valence-corrected chi connectivity index (χ0v) is 6.54. The molecule has 0 aromatic rings. The Morgan fingerprint density at radius 1 is 1.40 bits per heavy atom. The van der Waals surface area contributed by atoms with E-state index in [-0.39, 0.29) is 12.2 Å². The topological polar surface area (TPSA) is 18.5 Å². The molecular formula is C8H14O2. The predicted molar refractivity (Wildman–Crippen MR) is 38.3 cm³/mol. The van der Waals surface area contributed by atoms with Gasteiger partial charge in [0.05, 0.1) is 13.2 Å². The Morgan fingerprint density at radius 3 is 2.30 bits per heavy atom. The van der Waals surface area contributed by atoms with Crippen LogP contribution in [-0.2, 0) is 9.47 Å². The quantitative estimate of drug-likeness (QED) is 0.550. The molecule has 2 heteroatoms. The predicted octanol–water partition coefficient (Wildman–Crippen LogP) is 1.34. The Morgan fingerprint density at radius 2 is 1.90 bits per heavy atom. The molecule has 1 unspecified atom stereocenters. The first kappa shape index (κ1) is 8.02. The molecule has 0 aromatic heterocycles. The van der Waals surface area contributed by atoms with Crippen LogP contribution in [0.4, 0.5) is 0 Å². The normalized spacial score (nSPS) is 34.8. The minimum Gasteiger partial charge on any atom is -0.353 e. The molecule has 1 heterocycles. The molecule has 0 saturated carbocycles. The Bertz CT molecular complexity index is 93.4. The van der Waals surface area contributed by atoms with Gasteiger partial charge in [0.25, 0.3) is 0 Å². The molecule has 1 aliphatic heterocycles. The van der Waals surface area contributed by atoms with Crippen molar-refractivity contribution < 1.29 is 9.47 Å². The summed E-state index contributed by atoms with van der Waals surface area (Å²) in [7, 11) is 0. The fraction of sp³-hybridized carbons (Fsp3) is 0.875. The van der Waals surface area contributed by atoms with Crippen molar-refractivity contribution in [2.45, 2.75) is 20.1 Å². The smallest absolute Gasteiger partial charge is 0.154 e. The molecule has 1 fully saturated rings. The van der Waals surface area contributed by atoms with Gasteiger partial charge in [-0.1, -0.05) is 6.92 Å². The Kier molecular flexibility index (Phi) is 2.69. The van der Waals surface area contributed by atoms with E-state index in [4.69, 9.17) is 16.4 Å². The van der Waals surface area contributed by atoms with Crippen LogP contribution in [0.15, 0.2) is 0 Å². The van der Waals surface area contributed by atoms with E-state index in [1.54, 1.807) is 0 Å². The second-order valence-electron chi connectivity index (χ2n) is 2.85. The molecule has 2 radical (unpaired) electrons. The molecule has 1 aliphatic rings. The summed E-state index contributed by atoms with van der Waals surface area (Å²) in [4.78, 5) is 0. The minimum absolute atomic E-state index is 0.0463. The van der Waals surface area contributed by atoms with E-state index >= 15 is 0 Å². The standard InChI is InChI=1S/C8H14O2/c1-6(2)8-4-9-7(3)10-5-8/h1,6-8H,4-5H2,2-3H3. The van der Waals surface area contributed by atoms with Crippen molar-refractivity contribution in [3.05, 3.63) is 6.92 Å². The lowest BCUT2D eigenvalue weighted by Gasteiger charge is -2.29. The van der Waals surface area contributed by atoms with Crippen molar-refractivity contribution in [2.75, 3.05) is 13.2 Å². The van der Waals surface area contributed by atoms with Crippen molar-refractivity contribution in [3.8, 4) is 0 Å².